The Kier molecular flexibility index (Phi) is 4.27. The summed E-state index contributed by atoms with van der Waals surface area (Å²) in [5.74, 6) is 0. The van der Waals surface area contributed by atoms with Gasteiger partial charge < -0.3 is 0 Å². The molecular weight excluding hydrogens is 239 g/mol. The van der Waals surface area contributed by atoms with Crippen LogP contribution in [0.3, 0.4) is 0 Å². The summed E-state index contributed by atoms with van der Waals surface area (Å²) in [6, 6.07) is 5.90. The van der Waals surface area contributed by atoms with Crippen LogP contribution in [0, 0.1) is 0 Å². The summed E-state index contributed by atoms with van der Waals surface area (Å²) in [6.07, 6.45) is 0.319. The van der Waals surface area contributed by atoms with Crippen LogP contribution in [0.25, 0.3) is 0 Å². The van der Waals surface area contributed by atoms with Crippen LogP contribution in [0.5, 0.6) is 0 Å². The third kappa shape index (κ3) is 3.48. The third-order valence-electron chi connectivity index (χ3n) is 3.42. The Morgan fingerprint density at radius 1 is 0.944 bits per heavy atom. The number of hydrogen-bond donors (Lipinski definition) is 0. The first kappa shape index (κ1) is 13.4. The maximum absolute atomic E-state index is 12.9. The summed E-state index contributed by atoms with van der Waals surface area (Å²) in [5, 5.41) is 0. The molecule has 1 nitrogen and oxygen atoms in total. The Hall–Kier alpha value is -1.03. The van der Waals surface area contributed by atoms with E-state index in [1.165, 1.54) is 25.0 Å². The van der Waals surface area contributed by atoms with Crippen molar-refractivity contribution in [2.45, 2.75) is 38.4 Å². The molecule has 100 valence electrons. The average Bonchev–Trinajstić information content (AvgIpc) is 2.57. The molecule has 18 heavy (non-hydrogen) atoms. The molecule has 1 aliphatic rings. The fourth-order valence-corrected chi connectivity index (χ4v) is 2.47. The lowest BCUT2D eigenvalue weighted by atomic mass is 10.1. The molecule has 2 rings (SSSR count). The van der Waals surface area contributed by atoms with E-state index in [2.05, 4.69) is 4.90 Å². The maximum Gasteiger partial charge on any atom is 0.416 e. The van der Waals surface area contributed by atoms with Gasteiger partial charge in [-0.05, 0) is 37.6 Å². The number of rotatable bonds is 2. The number of nitrogens with zero attached hydrogens (tertiary/aromatic N) is 1. The molecule has 1 aromatic rings. The fourth-order valence-electron chi connectivity index (χ4n) is 2.47. The van der Waals surface area contributed by atoms with E-state index in [0.29, 0.717) is 12.1 Å². The Balaban J connectivity index is 2.13. The Morgan fingerprint density at radius 3 is 2.17 bits per heavy atom. The van der Waals surface area contributed by atoms with Crippen LogP contribution in [0.15, 0.2) is 24.3 Å². The van der Waals surface area contributed by atoms with Crippen molar-refractivity contribution in [2.24, 2.45) is 0 Å². The summed E-state index contributed by atoms with van der Waals surface area (Å²) < 4.78 is 38.6. The monoisotopic (exact) mass is 257 g/mol. The van der Waals surface area contributed by atoms with Crippen LogP contribution in [-0.2, 0) is 12.7 Å². The van der Waals surface area contributed by atoms with E-state index in [1.54, 1.807) is 12.1 Å². The average molecular weight is 257 g/mol. The molecule has 0 atom stereocenters. The van der Waals surface area contributed by atoms with Crippen LogP contribution >= 0.6 is 0 Å². The molecule has 1 aliphatic heterocycles. The topological polar surface area (TPSA) is 3.24 Å². The van der Waals surface area contributed by atoms with Crippen molar-refractivity contribution in [2.75, 3.05) is 13.1 Å². The van der Waals surface area contributed by atoms with E-state index in [4.69, 9.17) is 0 Å². The zero-order chi connectivity index (χ0) is 13.0. The van der Waals surface area contributed by atoms with E-state index < -0.39 is 11.7 Å². The molecule has 1 heterocycles. The van der Waals surface area contributed by atoms with Crippen molar-refractivity contribution in [3.63, 3.8) is 0 Å². The predicted octanol–water partition coefficient (Wildman–Crippen LogP) is 4.08. The van der Waals surface area contributed by atoms with Gasteiger partial charge in [0.15, 0.2) is 0 Å². The molecule has 0 aromatic heterocycles. The lowest BCUT2D eigenvalue weighted by molar-refractivity contribution is -0.138. The number of hydrogen-bond acceptors (Lipinski definition) is 1. The van der Waals surface area contributed by atoms with E-state index >= 15 is 0 Å². The quantitative estimate of drug-likeness (QED) is 0.771. The number of alkyl halides is 3. The van der Waals surface area contributed by atoms with Gasteiger partial charge in [-0.2, -0.15) is 13.2 Å². The highest BCUT2D eigenvalue weighted by atomic mass is 19.4. The highest BCUT2D eigenvalue weighted by Crippen LogP contribution is 2.32. The number of halogens is 3. The molecule has 0 saturated carbocycles. The molecule has 0 amide bonds. The van der Waals surface area contributed by atoms with E-state index in [-0.39, 0.29) is 0 Å². The molecule has 0 bridgehead atoms. The van der Waals surface area contributed by atoms with Crippen LogP contribution in [-0.4, -0.2) is 18.0 Å². The first-order valence-corrected chi connectivity index (χ1v) is 6.45. The van der Waals surface area contributed by atoms with Gasteiger partial charge in [0.05, 0.1) is 5.56 Å². The molecule has 0 N–H and O–H groups in total. The second-order valence-electron chi connectivity index (χ2n) is 4.85. The molecule has 0 aliphatic carbocycles. The molecule has 0 spiro atoms. The molecule has 1 fully saturated rings. The van der Waals surface area contributed by atoms with Gasteiger partial charge in [-0.1, -0.05) is 31.0 Å². The minimum absolute atomic E-state index is 0.395. The van der Waals surface area contributed by atoms with E-state index in [1.807, 2.05) is 0 Å². The minimum Gasteiger partial charge on any atom is -0.299 e. The zero-order valence-electron chi connectivity index (χ0n) is 10.3. The van der Waals surface area contributed by atoms with Crippen LogP contribution in [0.2, 0.25) is 0 Å². The first-order chi connectivity index (χ1) is 8.57. The molecule has 1 aromatic carbocycles. The zero-order valence-corrected chi connectivity index (χ0v) is 10.3. The summed E-state index contributed by atoms with van der Waals surface area (Å²) in [4.78, 5) is 2.14. The van der Waals surface area contributed by atoms with Gasteiger partial charge >= 0.3 is 6.18 Å². The van der Waals surface area contributed by atoms with Crippen molar-refractivity contribution in [3.05, 3.63) is 35.4 Å². The van der Waals surface area contributed by atoms with E-state index in [9.17, 15) is 13.2 Å². The van der Waals surface area contributed by atoms with Crippen molar-refractivity contribution in [3.8, 4) is 0 Å². The molecule has 1 saturated heterocycles. The van der Waals surface area contributed by atoms with Crippen LogP contribution in [0.4, 0.5) is 13.2 Å². The summed E-state index contributed by atoms with van der Waals surface area (Å²) in [7, 11) is 0. The maximum atomic E-state index is 12.9. The van der Waals surface area contributed by atoms with Crippen molar-refractivity contribution < 1.29 is 13.2 Å². The van der Waals surface area contributed by atoms with Gasteiger partial charge in [-0.15, -0.1) is 0 Å². The fraction of sp³-hybridized carbons (Fsp3) is 0.571. The third-order valence-corrected chi connectivity index (χ3v) is 3.42. The highest BCUT2D eigenvalue weighted by molar-refractivity contribution is 5.29. The smallest absolute Gasteiger partial charge is 0.299 e. The molecule has 4 heteroatoms. The number of benzene rings is 1. The standard InChI is InChI=1S/C14H18F3N/c15-14(16,17)13-8-4-3-7-12(13)11-18-9-5-1-2-6-10-18/h3-4,7-8H,1-2,5-6,9-11H2. The van der Waals surface area contributed by atoms with Crippen molar-refractivity contribution in [1.29, 1.82) is 0 Å². The van der Waals surface area contributed by atoms with Crippen LogP contribution in [0.1, 0.15) is 36.8 Å². The Morgan fingerprint density at radius 2 is 1.56 bits per heavy atom. The second kappa shape index (κ2) is 5.74. The van der Waals surface area contributed by atoms with Gasteiger partial charge in [0.25, 0.3) is 0 Å². The van der Waals surface area contributed by atoms with Gasteiger partial charge in [0.2, 0.25) is 0 Å². The SMILES string of the molecule is FC(F)(F)c1ccccc1CN1CCCCCC1. The second-order valence-corrected chi connectivity index (χ2v) is 4.85. The highest BCUT2D eigenvalue weighted by Gasteiger charge is 2.33. The summed E-state index contributed by atoms with van der Waals surface area (Å²) >= 11 is 0. The molecular formula is C14H18F3N. The van der Waals surface area contributed by atoms with Gasteiger partial charge in [-0.25, -0.2) is 0 Å². The largest absolute Gasteiger partial charge is 0.416 e. The van der Waals surface area contributed by atoms with Crippen molar-refractivity contribution in [1.82, 2.24) is 4.90 Å². The molecule has 0 unspecified atom stereocenters. The predicted molar refractivity (Wildman–Crippen MR) is 65.2 cm³/mol. The Bertz CT molecular complexity index is 379. The minimum atomic E-state index is -4.25. The summed E-state index contributed by atoms with van der Waals surface area (Å²) in [5.41, 5.74) is -0.0962. The van der Waals surface area contributed by atoms with Gasteiger partial charge in [0.1, 0.15) is 0 Å². The first-order valence-electron chi connectivity index (χ1n) is 6.45. The summed E-state index contributed by atoms with van der Waals surface area (Å²) in [6.45, 7) is 2.23. The van der Waals surface area contributed by atoms with Gasteiger partial charge in [-0.3, -0.25) is 4.90 Å². The van der Waals surface area contributed by atoms with Crippen LogP contribution < -0.4 is 0 Å². The van der Waals surface area contributed by atoms with Gasteiger partial charge in [0, 0.05) is 6.54 Å². The lowest BCUT2D eigenvalue weighted by Gasteiger charge is -2.22. The van der Waals surface area contributed by atoms with E-state index in [0.717, 1.165) is 25.9 Å². The number of likely N-dealkylation sites (tertiary alicyclic amines) is 1. The normalized spacial score (nSPS) is 18.6. The molecule has 0 radical (unpaired) electrons. The Labute approximate surface area is 106 Å². The lowest BCUT2D eigenvalue weighted by Crippen LogP contribution is -2.25. The van der Waals surface area contributed by atoms with Crippen molar-refractivity contribution >= 4 is 0 Å².